The summed E-state index contributed by atoms with van der Waals surface area (Å²) >= 11 is 0. The second kappa shape index (κ2) is 9.55. The van der Waals surface area contributed by atoms with E-state index in [4.69, 9.17) is 10.7 Å². The first kappa shape index (κ1) is 23.1. The zero-order chi connectivity index (χ0) is 25.2. The smallest absolute Gasteiger partial charge is 0.269 e. The van der Waals surface area contributed by atoms with Gasteiger partial charge >= 0.3 is 0 Å². The van der Waals surface area contributed by atoms with E-state index in [9.17, 15) is 14.9 Å². The number of aliphatic imine (C=N–C) groups is 1. The maximum Gasteiger partial charge on any atom is 0.269 e. The summed E-state index contributed by atoms with van der Waals surface area (Å²) in [4.78, 5) is 36.4. The maximum atomic E-state index is 13.1. The second-order valence-electron chi connectivity index (χ2n) is 8.61. The lowest BCUT2D eigenvalue weighted by atomic mass is 9.90. The third kappa shape index (κ3) is 4.51. The van der Waals surface area contributed by atoms with E-state index in [1.165, 1.54) is 12.1 Å². The summed E-state index contributed by atoms with van der Waals surface area (Å²) in [5.74, 6) is -0.248. The van der Waals surface area contributed by atoms with E-state index in [0.717, 1.165) is 34.6 Å². The molecule has 36 heavy (non-hydrogen) atoms. The summed E-state index contributed by atoms with van der Waals surface area (Å²) in [5.41, 5.74) is 11.5. The number of hydrogen-bond donors (Lipinski definition) is 3. The van der Waals surface area contributed by atoms with E-state index in [1.54, 1.807) is 12.3 Å². The Morgan fingerprint density at radius 1 is 1.11 bits per heavy atom. The van der Waals surface area contributed by atoms with Gasteiger partial charge in [-0.2, -0.15) is 0 Å². The van der Waals surface area contributed by atoms with Gasteiger partial charge in [-0.3, -0.25) is 19.9 Å². The molecule has 1 aliphatic heterocycles. The molecule has 4 N–H and O–H groups in total. The van der Waals surface area contributed by atoms with Crippen LogP contribution in [0.2, 0.25) is 0 Å². The highest BCUT2D eigenvalue weighted by Gasteiger charge is 2.36. The number of fused-ring (bicyclic) bond motifs is 1. The number of H-pyrrole nitrogens is 1. The van der Waals surface area contributed by atoms with Crippen LogP contribution in [0, 0.1) is 17.0 Å². The number of anilines is 1. The monoisotopic (exact) mass is 480 g/mol. The van der Waals surface area contributed by atoms with E-state index < -0.39 is 10.8 Å². The van der Waals surface area contributed by atoms with Gasteiger partial charge in [-0.15, -0.1) is 0 Å². The average molecular weight is 481 g/mol. The third-order valence-corrected chi connectivity index (χ3v) is 6.16. The molecule has 180 valence electrons. The van der Waals surface area contributed by atoms with E-state index in [0.29, 0.717) is 29.2 Å². The van der Waals surface area contributed by atoms with Crippen molar-refractivity contribution in [1.29, 1.82) is 0 Å². The van der Waals surface area contributed by atoms with Gasteiger partial charge in [-0.25, -0.2) is 4.98 Å². The lowest BCUT2D eigenvalue weighted by Crippen LogP contribution is -2.22. The third-order valence-electron chi connectivity index (χ3n) is 6.16. The molecule has 5 rings (SSSR count). The Labute approximate surface area is 207 Å². The number of aryl methyl sites for hydroxylation is 1. The number of imidazole rings is 1. The average Bonchev–Trinajstić information content (AvgIpc) is 3.45. The van der Waals surface area contributed by atoms with Gasteiger partial charge in [0.2, 0.25) is 5.91 Å². The second-order valence-corrected chi connectivity index (χ2v) is 8.61. The Balaban J connectivity index is 1.59. The molecule has 1 aliphatic rings. The molecule has 0 saturated carbocycles. The molecule has 0 bridgehead atoms. The van der Waals surface area contributed by atoms with Gasteiger partial charge in [0.25, 0.3) is 5.69 Å². The van der Waals surface area contributed by atoms with Gasteiger partial charge in [-0.05, 0) is 54.8 Å². The molecule has 9 nitrogen and oxygen atoms in total. The molecule has 0 saturated heterocycles. The van der Waals surface area contributed by atoms with E-state index in [-0.39, 0.29) is 11.6 Å². The minimum absolute atomic E-state index is 0.0768. The molecule has 3 aromatic carbocycles. The number of nitrogens with one attached hydrogen (secondary N) is 2. The van der Waals surface area contributed by atoms with Crippen LogP contribution in [-0.4, -0.2) is 33.1 Å². The highest BCUT2D eigenvalue weighted by molar-refractivity contribution is 6.24. The normalized spacial score (nSPS) is 15.0. The summed E-state index contributed by atoms with van der Waals surface area (Å²) in [6.07, 6.45) is 2.51. The topological polar surface area (TPSA) is 139 Å². The van der Waals surface area contributed by atoms with Crippen LogP contribution in [0.15, 0.2) is 77.9 Å². The summed E-state index contributed by atoms with van der Waals surface area (Å²) in [5, 5.41) is 14.3. The van der Waals surface area contributed by atoms with Crippen molar-refractivity contribution in [2.45, 2.75) is 19.3 Å². The Bertz CT molecular complexity index is 1470. The number of aromatic nitrogens is 2. The van der Waals surface area contributed by atoms with Crippen molar-refractivity contribution in [2.24, 2.45) is 10.7 Å². The fraction of sp³-hybridized carbons (Fsp3) is 0.148. The largest absolute Gasteiger partial charge is 0.342 e. The first-order valence-electron chi connectivity index (χ1n) is 11.5. The molecule has 1 aromatic heterocycles. The van der Waals surface area contributed by atoms with Crippen LogP contribution >= 0.6 is 0 Å². The predicted octanol–water partition coefficient (Wildman–Crippen LogP) is 4.65. The van der Waals surface area contributed by atoms with Gasteiger partial charge in [-0.1, -0.05) is 36.4 Å². The van der Waals surface area contributed by atoms with Gasteiger partial charge in [0.05, 0.1) is 28.2 Å². The SMILES string of the molecule is Cc1ncc(-c2ccc(N=C(c3ccc(CCN)cc3)C3C(=O)Nc4ccc([N+](=O)[O-])cc43)cc2)[nH]1. The molecule has 1 unspecified atom stereocenters. The van der Waals surface area contributed by atoms with E-state index in [1.807, 2.05) is 55.5 Å². The predicted molar refractivity (Wildman–Crippen MR) is 139 cm³/mol. The van der Waals surface area contributed by atoms with Gasteiger partial charge in [0.1, 0.15) is 11.7 Å². The zero-order valence-corrected chi connectivity index (χ0v) is 19.6. The molecular weight excluding hydrogens is 456 g/mol. The lowest BCUT2D eigenvalue weighted by Gasteiger charge is -2.14. The number of aromatic amines is 1. The Kier molecular flexibility index (Phi) is 6.14. The molecule has 9 heteroatoms. The van der Waals surface area contributed by atoms with Gasteiger partial charge < -0.3 is 16.0 Å². The minimum Gasteiger partial charge on any atom is -0.342 e. The molecule has 0 spiro atoms. The van der Waals surface area contributed by atoms with Crippen LogP contribution in [0.5, 0.6) is 0 Å². The van der Waals surface area contributed by atoms with Crippen molar-refractivity contribution in [1.82, 2.24) is 9.97 Å². The van der Waals surface area contributed by atoms with Gasteiger partial charge in [0.15, 0.2) is 0 Å². The fourth-order valence-electron chi connectivity index (χ4n) is 4.36. The van der Waals surface area contributed by atoms with Crippen molar-refractivity contribution in [3.05, 3.63) is 106 Å². The first-order valence-corrected chi connectivity index (χ1v) is 11.5. The van der Waals surface area contributed by atoms with Crippen LogP contribution in [0.3, 0.4) is 0 Å². The maximum absolute atomic E-state index is 13.1. The summed E-state index contributed by atoms with van der Waals surface area (Å²) in [6.45, 7) is 2.42. The molecule has 4 aromatic rings. The number of amides is 1. The Morgan fingerprint density at radius 3 is 2.50 bits per heavy atom. The summed E-state index contributed by atoms with van der Waals surface area (Å²) < 4.78 is 0. The Hall–Kier alpha value is -4.63. The van der Waals surface area contributed by atoms with Crippen molar-refractivity contribution in [3.8, 4) is 11.3 Å². The van der Waals surface area contributed by atoms with Crippen molar-refractivity contribution >= 4 is 28.7 Å². The molecule has 1 atom stereocenters. The number of nitro groups is 1. The number of nitrogens with zero attached hydrogens (tertiary/aromatic N) is 3. The zero-order valence-electron chi connectivity index (χ0n) is 19.6. The molecule has 2 heterocycles. The quantitative estimate of drug-likeness (QED) is 0.201. The Morgan fingerprint density at radius 2 is 1.86 bits per heavy atom. The molecule has 0 fully saturated rings. The van der Waals surface area contributed by atoms with Crippen LogP contribution in [0.1, 0.15) is 28.4 Å². The number of hydrogen-bond acceptors (Lipinski definition) is 6. The highest BCUT2D eigenvalue weighted by atomic mass is 16.6. The standard InChI is InChI=1S/C27H24N6O3/c1-16-29-15-24(30-16)18-6-8-20(9-7-18)31-26(19-4-2-17(3-5-19)12-13-28)25-22-14-21(33(35)36)10-11-23(22)32-27(25)34/h2-11,14-15,25H,12-13,28H2,1H3,(H,29,30)(H,32,34). The molecule has 0 radical (unpaired) electrons. The number of rotatable bonds is 7. The van der Waals surface area contributed by atoms with Crippen LogP contribution in [-0.2, 0) is 11.2 Å². The van der Waals surface area contributed by atoms with Crippen molar-refractivity contribution < 1.29 is 9.72 Å². The van der Waals surface area contributed by atoms with Gasteiger partial charge in [0, 0.05) is 23.4 Å². The summed E-state index contributed by atoms with van der Waals surface area (Å²) in [6, 6.07) is 19.7. The lowest BCUT2D eigenvalue weighted by molar-refractivity contribution is -0.384. The van der Waals surface area contributed by atoms with Crippen molar-refractivity contribution in [3.63, 3.8) is 0 Å². The van der Waals surface area contributed by atoms with Crippen LogP contribution in [0.4, 0.5) is 17.1 Å². The number of benzene rings is 3. The fourth-order valence-corrected chi connectivity index (χ4v) is 4.36. The van der Waals surface area contributed by atoms with E-state index >= 15 is 0 Å². The highest BCUT2D eigenvalue weighted by Crippen LogP contribution is 2.38. The molecular formula is C27H24N6O3. The van der Waals surface area contributed by atoms with Crippen molar-refractivity contribution in [2.75, 3.05) is 11.9 Å². The van der Waals surface area contributed by atoms with E-state index in [2.05, 4.69) is 15.3 Å². The minimum atomic E-state index is -0.796. The molecule has 0 aliphatic carbocycles. The number of carbonyl (C=O) groups excluding carboxylic acids is 1. The molecule has 1 amide bonds. The summed E-state index contributed by atoms with van der Waals surface area (Å²) in [7, 11) is 0. The van der Waals surface area contributed by atoms with Crippen LogP contribution < -0.4 is 11.1 Å². The number of nitrogens with two attached hydrogens (primary N) is 1. The number of carbonyl (C=O) groups is 1. The number of non-ortho nitro benzene ring substituents is 1. The number of nitro benzene ring substituents is 1. The van der Waals surface area contributed by atoms with Crippen LogP contribution in [0.25, 0.3) is 11.3 Å². The first-order chi connectivity index (χ1) is 17.4.